The van der Waals surface area contributed by atoms with Gasteiger partial charge in [-0.2, -0.15) is 5.10 Å². The number of nitrogens with one attached hydrogen (secondary N) is 1. The summed E-state index contributed by atoms with van der Waals surface area (Å²) in [4.78, 5) is 11.9. The van der Waals surface area contributed by atoms with Gasteiger partial charge in [0.1, 0.15) is 11.5 Å². The van der Waals surface area contributed by atoms with Gasteiger partial charge in [0.15, 0.2) is 0 Å². The number of phenols is 1. The normalized spacial score (nSPS) is 10.6. The number of halogens is 1. The highest BCUT2D eigenvalue weighted by Crippen LogP contribution is 2.21. The van der Waals surface area contributed by atoms with Crippen LogP contribution in [0.3, 0.4) is 0 Å². The van der Waals surface area contributed by atoms with Gasteiger partial charge in [-0.1, -0.05) is 12.1 Å². The van der Waals surface area contributed by atoms with E-state index in [9.17, 15) is 9.90 Å². The fraction of sp³-hybridized carbons (Fsp3) is 0.0667. The number of hydrazone groups is 1. The Morgan fingerprint density at radius 1 is 1.33 bits per heavy atom. The fourth-order valence-corrected chi connectivity index (χ4v) is 2.19. The number of phenolic OH excluding ortho intramolecular Hbond substituents is 1. The van der Waals surface area contributed by atoms with E-state index in [1.54, 1.807) is 49.6 Å². The number of hydrogen-bond donors (Lipinski definition) is 2. The summed E-state index contributed by atoms with van der Waals surface area (Å²) in [6.45, 7) is 0. The van der Waals surface area contributed by atoms with Gasteiger partial charge in [-0.05, 0) is 58.5 Å². The second-order valence-electron chi connectivity index (χ2n) is 4.14. The lowest BCUT2D eigenvalue weighted by molar-refractivity contribution is 0.0955. The van der Waals surface area contributed by atoms with Gasteiger partial charge < -0.3 is 9.84 Å². The van der Waals surface area contributed by atoms with Crippen LogP contribution in [0.2, 0.25) is 0 Å². The minimum absolute atomic E-state index is 0.146. The summed E-state index contributed by atoms with van der Waals surface area (Å²) >= 11 is 2.13. The summed E-state index contributed by atoms with van der Waals surface area (Å²) in [5.41, 5.74) is 3.58. The monoisotopic (exact) mass is 396 g/mol. The maximum Gasteiger partial charge on any atom is 0.271 e. The minimum atomic E-state index is -0.332. The lowest BCUT2D eigenvalue weighted by Crippen LogP contribution is -2.17. The molecule has 0 aromatic heterocycles. The Bertz CT molecular complexity index is 686. The molecular weight excluding hydrogens is 383 g/mol. The van der Waals surface area contributed by atoms with Gasteiger partial charge >= 0.3 is 0 Å². The largest absolute Gasteiger partial charge is 0.508 e. The van der Waals surface area contributed by atoms with E-state index in [-0.39, 0.29) is 11.7 Å². The van der Waals surface area contributed by atoms with E-state index in [1.807, 2.05) is 0 Å². The van der Waals surface area contributed by atoms with Crippen LogP contribution >= 0.6 is 22.6 Å². The van der Waals surface area contributed by atoms with Gasteiger partial charge in [0, 0.05) is 5.56 Å². The summed E-state index contributed by atoms with van der Waals surface area (Å²) in [7, 11) is 1.55. The number of benzene rings is 2. The number of carbonyl (C=O) groups excluding carboxylic acids is 1. The molecule has 0 spiro atoms. The second-order valence-corrected chi connectivity index (χ2v) is 5.31. The number of amides is 1. The maximum atomic E-state index is 11.9. The van der Waals surface area contributed by atoms with E-state index in [4.69, 9.17) is 4.74 Å². The highest BCUT2D eigenvalue weighted by molar-refractivity contribution is 14.1. The average molecular weight is 396 g/mol. The van der Waals surface area contributed by atoms with Crippen molar-refractivity contribution in [3.05, 3.63) is 57.2 Å². The summed E-state index contributed by atoms with van der Waals surface area (Å²) in [6.07, 6.45) is 1.46. The van der Waals surface area contributed by atoms with Crippen LogP contribution in [-0.2, 0) is 0 Å². The van der Waals surface area contributed by atoms with Gasteiger partial charge in [0.05, 0.1) is 16.9 Å². The van der Waals surface area contributed by atoms with Crippen LogP contribution in [0.5, 0.6) is 11.5 Å². The first kappa shape index (κ1) is 15.3. The maximum absolute atomic E-state index is 11.9. The first-order valence-electron chi connectivity index (χ1n) is 6.06. The van der Waals surface area contributed by atoms with Crippen molar-refractivity contribution in [1.82, 2.24) is 5.43 Å². The molecule has 0 saturated heterocycles. The number of carbonyl (C=O) groups is 1. The topological polar surface area (TPSA) is 70.9 Å². The molecule has 21 heavy (non-hydrogen) atoms. The van der Waals surface area contributed by atoms with Crippen LogP contribution in [0.4, 0.5) is 0 Å². The molecule has 1 amide bonds. The number of hydrogen-bond acceptors (Lipinski definition) is 4. The first-order valence-corrected chi connectivity index (χ1v) is 7.14. The molecule has 0 fully saturated rings. The Kier molecular flexibility index (Phi) is 5.15. The Morgan fingerprint density at radius 3 is 2.86 bits per heavy atom. The van der Waals surface area contributed by atoms with Crippen molar-refractivity contribution in [2.24, 2.45) is 5.10 Å². The Morgan fingerprint density at radius 2 is 2.14 bits per heavy atom. The van der Waals surface area contributed by atoms with Gasteiger partial charge in [0.2, 0.25) is 0 Å². The van der Waals surface area contributed by atoms with Gasteiger partial charge in [-0.15, -0.1) is 0 Å². The minimum Gasteiger partial charge on any atom is -0.508 e. The van der Waals surface area contributed by atoms with Crippen molar-refractivity contribution in [3.63, 3.8) is 0 Å². The van der Waals surface area contributed by atoms with Crippen molar-refractivity contribution >= 4 is 34.7 Å². The standard InChI is InChI=1S/C15H13IN2O3/c1-21-14-8-11(5-6-13(14)16)15(20)18-17-9-10-3-2-4-12(19)7-10/h2-9,19H,1H3,(H,18,20). The van der Waals surface area contributed by atoms with E-state index in [2.05, 4.69) is 33.1 Å². The molecule has 0 aliphatic rings. The highest BCUT2D eigenvalue weighted by atomic mass is 127. The molecule has 5 nitrogen and oxygen atoms in total. The predicted molar refractivity (Wildman–Crippen MR) is 88.9 cm³/mol. The third kappa shape index (κ3) is 4.19. The van der Waals surface area contributed by atoms with Crippen molar-refractivity contribution in [3.8, 4) is 11.5 Å². The Labute approximate surface area is 135 Å². The zero-order chi connectivity index (χ0) is 15.2. The lowest BCUT2D eigenvalue weighted by atomic mass is 10.2. The number of ether oxygens (including phenoxy) is 1. The first-order chi connectivity index (χ1) is 10.1. The summed E-state index contributed by atoms with van der Waals surface area (Å²) in [5, 5.41) is 13.2. The molecule has 0 bridgehead atoms. The molecule has 2 rings (SSSR count). The van der Waals surface area contributed by atoms with Gasteiger partial charge in [-0.3, -0.25) is 4.79 Å². The van der Waals surface area contributed by atoms with Crippen molar-refractivity contribution in [2.75, 3.05) is 7.11 Å². The smallest absolute Gasteiger partial charge is 0.271 e. The van der Waals surface area contributed by atoms with Gasteiger partial charge in [-0.25, -0.2) is 5.43 Å². The molecule has 0 aliphatic heterocycles. The molecule has 0 radical (unpaired) electrons. The van der Waals surface area contributed by atoms with Gasteiger partial charge in [0.25, 0.3) is 5.91 Å². The molecule has 108 valence electrons. The van der Waals surface area contributed by atoms with E-state index >= 15 is 0 Å². The summed E-state index contributed by atoms with van der Waals surface area (Å²) in [5.74, 6) is 0.453. The highest BCUT2D eigenvalue weighted by Gasteiger charge is 2.08. The summed E-state index contributed by atoms with van der Waals surface area (Å²) < 4.78 is 6.09. The zero-order valence-electron chi connectivity index (χ0n) is 11.2. The molecule has 0 unspecified atom stereocenters. The van der Waals surface area contributed by atoms with Crippen LogP contribution in [-0.4, -0.2) is 24.3 Å². The fourth-order valence-electron chi connectivity index (χ4n) is 1.64. The molecule has 0 atom stereocenters. The lowest BCUT2D eigenvalue weighted by Gasteiger charge is -2.05. The van der Waals surface area contributed by atoms with E-state index < -0.39 is 0 Å². The van der Waals surface area contributed by atoms with E-state index in [0.29, 0.717) is 16.9 Å². The number of aromatic hydroxyl groups is 1. The molecule has 6 heteroatoms. The summed E-state index contributed by atoms with van der Waals surface area (Å²) in [6, 6.07) is 11.7. The molecule has 2 N–H and O–H groups in total. The number of rotatable bonds is 4. The third-order valence-corrected chi connectivity index (χ3v) is 3.55. The van der Waals surface area contributed by atoms with Crippen LogP contribution < -0.4 is 10.2 Å². The molecule has 0 saturated carbocycles. The third-order valence-electron chi connectivity index (χ3n) is 2.66. The average Bonchev–Trinajstić information content (AvgIpc) is 2.47. The van der Waals surface area contributed by atoms with Crippen LogP contribution in [0.15, 0.2) is 47.6 Å². The Balaban J connectivity index is 2.05. The second kappa shape index (κ2) is 7.07. The van der Waals surface area contributed by atoms with E-state index in [1.165, 1.54) is 6.21 Å². The molecule has 2 aromatic rings. The quantitative estimate of drug-likeness (QED) is 0.475. The predicted octanol–water partition coefficient (Wildman–Crippen LogP) is 2.77. The number of methoxy groups -OCH3 is 1. The molecular formula is C15H13IN2O3. The van der Waals surface area contributed by atoms with Crippen LogP contribution in [0.1, 0.15) is 15.9 Å². The number of nitrogens with zero attached hydrogens (tertiary/aromatic N) is 1. The van der Waals surface area contributed by atoms with Crippen molar-refractivity contribution in [1.29, 1.82) is 0 Å². The zero-order valence-corrected chi connectivity index (χ0v) is 13.4. The molecule has 0 heterocycles. The van der Waals surface area contributed by atoms with Crippen LogP contribution in [0, 0.1) is 3.57 Å². The Hall–Kier alpha value is -2.09. The van der Waals surface area contributed by atoms with E-state index in [0.717, 1.165) is 3.57 Å². The van der Waals surface area contributed by atoms with Crippen molar-refractivity contribution in [2.45, 2.75) is 0 Å². The molecule has 2 aromatic carbocycles. The van der Waals surface area contributed by atoms with Crippen molar-refractivity contribution < 1.29 is 14.6 Å². The SMILES string of the molecule is COc1cc(C(=O)NN=Cc2cccc(O)c2)ccc1I. The van der Waals surface area contributed by atoms with Crippen LogP contribution in [0.25, 0.3) is 0 Å². The molecule has 0 aliphatic carbocycles.